The molecule has 0 aromatic carbocycles. The molecule has 5 nitrogen and oxygen atoms in total. The Labute approximate surface area is 113 Å². The number of nitrogens with one attached hydrogen (secondary N) is 1. The molecule has 2 fully saturated rings. The van der Waals surface area contributed by atoms with E-state index in [0.29, 0.717) is 19.4 Å². The first-order chi connectivity index (χ1) is 8.94. The molecule has 1 saturated carbocycles. The van der Waals surface area contributed by atoms with Crippen LogP contribution < -0.4 is 5.32 Å². The minimum Gasteiger partial charge on any atom is -0.277 e. The van der Waals surface area contributed by atoms with Crippen LogP contribution in [0.3, 0.4) is 0 Å². The number of carbonyl (C=O) groups excluding carboxylic acids is 3. The Morgan fingerprint density at radius 2 is 1.63 bits per heavy atom. The van der Waals surface area contributed by atoms with E-state index in [1.807, 2.05) is 13.8 Å². The van der Waals surface area contributed by atoms with E-state index in [-0.39, 0.29) is 11.3 Å². The number of amides is 4. The Kier molecular flexibility index (Phi) is 3.41. The second-order valence-electron chi connectivity index (χ2n) is 5.79. The van der Waals surface area contributed by atoms with Crippen molar-refractivity contribution in [3.63, 3.8) is 0 Å². The fourth-order valence-electron chi connectivity index (χ4n) is 2.88. The molecule has 2 aliphatic rings. The van der Waals surface area contributed by atoms with E-state index in [4.69, 9.17) is 0 Å². The van der Waals surface area contributed by atoms with E-state index in [2.05, 4.69) is 12.2 Å². The lowest BCUT2D eigenvalue weighted by atomic mass is 9.78. The summed E-state index contributed by atoms with van der Waals surface area (Å²) in [6.07, 6.45) is 3.93. The molecule has 1 saturated heterocycles. The largest absolute Gasteiger partial charge is 0.330 e. The highest BCUT2D eigenvalue weighted by Crippen LogP contribution is 2.50. The van der Waals surface area contributed by atoms with Crippen molar-refractivity contribution >= 4 is 17.8 Å². The highest BCUT2D eigenvalue weighted by Gasteiger charge is 2.54. The number of hydrogen-bond donors (Lipinski definition) is 1. The smallest absolute Gasteiger partial charge is 0.277 e. The van der Waals surface area contributed by atoms with Crippen LogP contribution in [0.4, 0.5) is 4.79 Å². The highest BCUT2D eigenvalue weighted by atomic mass is 16.2. The van der Waals surface area contributed by atoms with Gasteiger partial charge in [-0.3, -0.25) is 19.8 Å². The summed E-state index contributed by atoms with van der Waals surface area (Å²) in [4.78, 5) is 37.8. The van der Waals surface area contributed by atoms with Crippen LogP contribution in [0.1, 0.15) is 52.9 Å². The van der Waals surface area contributed by atoms with Crippen molar-refractivity contribution in [3.8, 4) is 0 Å². The van der Waals surface area contributed by atoms with E-state index in [9.17, 15) is 14.4 Å². The van der Waals surface area contributed by atoms with Gasteiger partial charge >= 0.3 is 6.03 Å². The molecule has 19 heavy (non-hydrogen) atoms. The fraction of sp³-hybridized carbons (Fsp3) is 0.786. The third kappa shape index (κ3) is 2.05. The molecule has 0 radical (unpaired) electrons. The zero-order valence-corrected chi connectivity index (χ0v) is 11.9. The van der Waals surface area contributed by atoms with Gasteiger partial charge in [-0.25, -0.2) is 4.79 Å². The van der Waals surface area contributed by atoms with Crippen LogP contribution in [0.25, 0.3) is 0 Å². The topological polar surface area (TPSA) is 66.5 Å². The third-order valence-corrected chi connectivity index (χ3v) is 4.96. The van der Waals surface area contributed by atoms with E-state index >= 15 is 0 Å². The lowest BCUT2D eigenvalue weighted by molar-refractivity contribution is -0.152. The standard InChI is InChI=1S/C14H22N2O3/c1-4-13(7-8-13)9-16-11(18)14(5-2,6-3)10(17)15-12(16)19/h4-9H2,1-3H3,(H,15,17,19). The maximum Gasteiger partial charge on any atom is 0.330 e. The molecule has 1 aliphatic carbocycles. The number of nitrogens with zero attached hydrogens (tertiary/aromatic N) is 1. The molecule has 0 unspecified atom stereocenters. The van der Waals surface area contributed by atoms with Gasteiger partial charge in [0.1, 0.15) is 5.41 Å². The van der Waals surface area contributed by atoms with Gasteiger partial charge < -0.3 is 0 Å². The molecular weight excluding hydrogens is 244 g/mol. The molecule has 1 N–H and O–H groups in total. The fourth-order valence-corrected chi connectivity index (χ4v) is 2.88. The van der Waals surface area contributed by atoms with Gasteiger partial charge in [-0.15, -0.1) is 0 Å². The molecular formula is C14H22N2O3. The zero-order chi connectivity index (χ0) is 14.3. The predicted molar refractivity (Wildman–Crippen MR) is 70.2 cm³/mol. The number of rotatable bonds is 5. The Morgan fingerprint density at radius 3 is 2.05 bits per heavy atom. The van der Waals surface area contributed by atoms with Crippen LogP contribution in [0.2, 0.25) is 0 Å². The van der Waals surface area contributed by atoms with Crippen molar-refractivity contribution in [2.75, 3.05) is 6.54 Å². The summed E-state index contributed by atoms with van der Waals surface area (Å²) in [5, 5.41) is 2.35. The van der Waals surface area contributed by atoms with Gasteiger partial charge in [0, 0.05) is 6.54 Å². The van der Waals surface area contributed by atoms with Gasteiger partial charge in [0.15, 0.2) is 0 Å². The Hall–Kier alpha value is -1.39. The van der Waals surface area contributed by atoms with Crippen molar-refractivity contribution < 1.29 is 14.4 Å². The average Bonchev–Trinajstić information content (AvgIpc) is 3.17. The van der Waals surface area contributed by atoms with Gasteiger partial charge in [0.2, 0.25) is 11.8 Å². The Bertz CT molecular complexity index is 422. The molecule has 106 valence electrons. The van der Waals surface area contributed by atoms with Gasteiger partial charge in [-0.2, -0.15) is 0 Å². The molecule has 2 rings (SSSR count). The summed E-state index contributed by atoms with van der Waals surface area (Å²) in [6.45, 7) is 6.17. The number of urea groups is 1. The average molecular weight is 266 g/mol. The van der Waals surface area contributed by atoms with E-state index < -0.39 is 17.4 Å². The number of barbiturate groups is 1. The van der Waals surface area contributed by atoms with E-state index in [0.717, 1.165) is 19.3 Å². The first-order valence-electron chi connectivity index (χ1n) is 7.12. The van der Waals surface area contributed by atoms with Crippen LogP contribution in [-0.4, -0.2) is 29.3 Å². The summed E-state index contributed by atoms with van der Waals surface area (Å²) in [6, 6.07) is -0.549. The van der Waals surface area contributed by atoms with Crippen LogP contribution in [0, 0.1) is 10.8 Å². The number of hydrogen-bond acceptors (Lipinski definition) is 3. The molecule has 0 spiro atoms. The van der Waals surface area contributed by atoms with Crippen molar-refractivity contribution in [1.82, 2.24) is 10.2 Å². The summed E-state index contributed by atoms with van der Waals surface area (Å²) >= 11 is 0. The van der Waals surface area contributed by atoms with Crippen molar-refractivity contribution in [3.05, 3.63) is 0 Å². The molecule has 0 bridgehead atoms. The zero-order valence-electron chi connectivity index (χ0n) is 11.9. The lowest BCUT2D eigenvalue weighted by Gasteiger charge is -2.39. The molecule has 1 aliphatic heterocycles. The quantitative estimate of drug-likeness (QED) is 0.774. The van der Waals surface area contributed by atoms with Crippen molar-refractivity contribution in [2.24, 2.45) is 10.8 Å². The molecule has 0 aromatic rings. The number of imide groups is 2. The molecule has 1 heterocycles. The lowest BCUT2D eigenvalue weighted by Crippen LogP contribution is -2.64. The first-order valence-corrected chi connectivity index (χ1v) is 7.12. The summed E-state index contributed by atoms with van der Waals surface area (Å²) in [5.41, 5.74) is -0.960. The Morgan fingerprint density at radius 1 is 1.05 bits per heavy atom. The van der Waals surface area contributed by atoms with Gasteiger partial charge in [0.25, 0.3) is 0 Å². The maximum atomic E-state index is 12.6. The summed E-state index contributed by atoms with van der Waals surface area (Å²) in [5.74, 6) is -0.754. The summed E-state index contributed by atoms with van der Waals surface area (Å²) in [7, 11) is 0. The van der Waals surface area contributed by atoms with Crippen LogP contribution in [0.5, 0.6) is 0 Å². The van der Waals surface area contributed by atoms with Crippen LogP contribution in [0.15, 0.2) is 0 Å². The monoisotopic (exact) mass is 266 g/mol. The molecule has 5 heteroatoms. The first kappa shape index (κ1) is 14.0. The highest BCUT2D eigenvalue weighted by molar-refractivity contribution is 6.19. The van der Waals surface area contributed by atoms with Gasteiger partial charge in [-0.05, 0) is 37.5 Å². The summed E-state index contributed by atoms with van der Waals surface area (Å²) < 4.78 is 0. The van der Waals surface area contributed by atoms with Crippen LogP contribution in [-0.2, 0) is 9.59 Å². The predicted octanol–water partition coefficient (Wildman–Crippen LogP) is 2.06. The SMILES string of the molecule is CCC1(CN2C(=O)NC(=O)C(CC)(CC)C2=O)CC1. The second kappa shape index (κ2) is 4.62. The molecule has 0 atom stereocenters. The Balaban J connectivity index is 2.26. The van der Waals surface area contributed by atoms with E-state index in [1.165, 1.54) is 4.90 Å². The second-order valence-corrected chi connectivity index (χ2v) is 5.79. The normalized spacial score (nSPS) is 24.4. The van der Waals surface area contributed by atoms with E-state index in [1.54, 1.807) is 0 Å². The minimum atomic E-state index is -1.06. The van der Waals surface area contributed by atoms with Crippen LogP contribution >= 0.6 is 0 Å². The van der Waals surface area contributed by atoms with Crippen molar-refractivity contribution in [1.29, 1.82) is 0 Å². The van der Waals surface area contributed by atoms with Gasteiger partial charge in [0.05, 0.1) is 0 Å². The maximum absolute atomic E-state index is 12.6. The van der Waals surface area contributed by atoms with Gasteiger partial charge in [-0.1, -0.05) is 20.8 Å². The number of carbonyl (C=O) groups is 3. The van der Waals surface area contributed by atoms with Crippen molar-refractivity contribution in [2.45, 2.75) is 52.9 Å². The third-order valence-electron chi connectivity index (χ3n) is 4.96. The molecule has 0 aromatic heterocycles. The molecule has 4 amide bonds. The minimum absolute atomic E-state index is 0.0978.